The van der Waals surface area contributed by atoms with Crippen molar-refractivity contribution in [2.45, 2.75) is 19.4 Å². The number of rotatable bonds is 3. The van der Waals surface area contributed by atoms with Gasteiger partial charge in [0.05, 0.1) is 12.6 Å². The molecule has 1 heterocycles. The van der Waals surface area contributed by atoms with E-state index in [2.05, 4.69) is 5.32 Å². The van der Waals surface area contributed by atoms with E-state index in [4.69, 9.17) is 0 Å². The number of piperidine rings is 1. The van der Waals surface area contributed by atoms with Crippen LogP contribution in [0.4, 0.5) is 5.69 Å². The number of nitrogens with one attached hydrogen (secondary N) is 1. The number of nitrogens with zero attached hydrogens (tertiary/aromatic N) is 1. The van der Waals surface area contributed by atoms with E-state index in [1.54, 1.807) is 4.90 Å². The van der Waals surface area contributed by atoms with Gasteiger partial charge in [0.1, 0.15) is 0 Å². The van der Waals surface area contributed by atoms with E-state index < -0.39 is 0 Å². The summed E-state index contributed by atoms with van der Waals surface area (Å²) in [6, 6.07) is 9.66. The van der Waals surface area contributed by atoms with E-state index in [1.165, 1.54) is 0 Å². The Morgan fingerprint density at radius 3 is 2.83 bits per heavy atom. The lowest BCUT2D eigenvalue weighted by atomic mass is 9.96. The van der Waals surface area contributed by atoms with Crippen molar-refractivity contribution in [3.8, 4) is 0 Å². The fourth-order valence-corrected chi connectivity index (χ4v) is 2.12. The molecule has 1 aromatic carbocycles. The largest absolute Gasteiger partial charge is 0.391 e. The fraction of sp³-hybridized carbons (Fsp3) is 0.500. The molecule has 4 heteroatoms. The average molecular weight is 248 g/mol. The molecule has 0 aromatic heterocycles. The SMILES string of the molecule is CC1CCN(C(=O)CNc2ccccc2)CC1O. The maximum absolute atomic E-state index is 12.0. The van der Waals surface area contributed by atoms with Crippen LogP contribution in [0.15, 0.2) is 30.3 Å². The van der Waals surface area contributed by atoms with Gasteiger partial charge >= 0.3 is 0 Å². The number of carbonyl (C=O) groups is 1. The summed E-state index contributed by atoms with van der Waals surface area (Å²) in [6.07, 6.45) is 0.484. The number of likely N-dealkylation sites (tertiary alicyclic amines) is 1. The third-order valence-corrected chi connectivity index (χ3v) is 3.49. The lowest BCUT2D eigenvalue weighted by Crippen LogP contribution is -2.47. The molecule has 0 saturated carbocycles. The molecule has 1 amide bonds. The van der Waals surface area contributed by atoms with E-state index in [0.29, 0.717) is 6.54 Å². The first kappa shape index (κ1) is 12.9. The van der Waals surface area contributed by atoms with Crippen LogP contribution < -0.4 is 5.32 Å². The summed E-state index contributed by atoms with van der Waals surface area (Å²) in [7, 11) is 0. The Balaban J connectivity index is 1.82. The van der Waals surface area contributed by atoms with Crippen molar-refractivity contribution >= 4 is 11.6 Å². The molecule has 98 valence electrons. The first-order valence-corrected chi connectivity index (χ1v) is 6.41. The number of carbonyl (C=O) groups excluding carboxylic acids is 1. The van der Waals surface area contributed by atoms with Gasteiger partial charge in [0.15, 0.2) is 0 Å². The molecule has 0 radical (unpaired) electrons. The second kappa shape index (κ2) is 5.87. The lowest BCUT2D eigenvalue weighted by molar-refractivity contribution is -0.133. The molecule has 1 aliphatic rings. The molecule has 1 aliphatic heterocycles. The Labute approximate surface area is 108 Å². The molecule has 1 aromatic rings. The van der Waals surface area contributed by atoms with Crippen LogP contribution in [-0.4, -0.2) is 41.7 Å². The van der Waals surface area contributed by atoms with Crippen LogP contribution in [-0.2, 0) is 4.79 Å². The highest BCUT2D eigenvalue weighted by Crippen LogP contribution is 2.17. The van der Waals surface area contributed by atoms with Crippen molar-refractivity contribution < 1.29 is 9.90 Å². The van der Waals surface area contributed by atoms with Gasteiger partial charge in [-0.1, -0.05) is 25.1 Å². The normalized spacial score (nSPS) is 23.8. The van der Waals surface area contributed by atoms with Crippen molar-refractivity contribution in [1.29, 1.82) is 0 Å². The molecular formula is C14H20N2O2. The van der Waals surface area contributed by atoms with E-state index in [9.17, 15) is 9.90 Å². The van der Waals surface area contributed by atoms with Crippen molar-refractivity contribution in [3.05, 3.63) is 30.3 Å². The Bertz CT molecular complexity index is 394. The first-order valence-electron chi connectivity index (χ1n) is 6.41. The molecule has 0 aliphatic carbocycles. The summed E-state index contributed by atoms with van der Waals surface area (Å²) < 4.78 is 0. The van der Waals surface area contributed by atoms with Gasteiger partial charge in [-0.15, -0.1) is 0 Å². The molecular weight excluding hydrogens is 228 g/mol. The van der Waals surface area contributed by atoms with Crippen LogP contribution in [0, 0.1) is 5.92 Å². The summed E-state index contributed by atoms with van der Waals surface area (Å²) in [6.45, 7) is 3.50. The second-order valence-electron chi connectivity index (χ2n) is 4.89. The third kappa shape index (κ3) is 3.23. The number of para-hydroxylation sites is 1. The molecule has 2 unspecified atom stereocenters. The molecule has 0 bridgehead atoms. The molecule has 2 atom stereocenters. The summed E-state index contributed by atoms with van der Waals surface area (Å²) >= 11 is 0. The van der Waals surface area contributed by atoms with Crippen molar-refractivity contribution in [2.24, 2.45) is 5.92 Å². The minimum absolute atomic E-state index is 0.0461. The van der Waals surface area contributed by atoms with Gasteiger partial charge in [-0.05, 0) is 24.5 Å². The molecule has 0 spiro atoms. The Hall–Kier alpha value is -1.55. The minimum Gasteiger partial charge on any atom is -0.391 e. The Morgan fingerprint density at radius 1 is 1.44 bits per heavy atom. The van der Waals surface area contributed by atoms with Gasteiger partial charge in [-0.25, -0.2) is 0 Å². The predicted octanol–water partition coefficient (Wildman–Crippen LogP) is 1.33. The lowest BCUT2D eigenvalue weighted by Gasteiger charge is -2.34. The van der Waals surface area contributed by atoms with E-state index in [-0.39, 0.29) is 24.5 Å². The fourth-order valence-electron chi connectivity index (χ4n) is 2.12. The summed E-state index contributed by atoms with van der Waals surface area (Å²) in [5, 5.41) is 12.9. The van der Waals surface area contributed by atoms with Crippen molar-refractivity contribution in [2.75, 3.05) is 25.0 Å². The third-order valence-electron chi connectivity index (χ3n) is 3.49. The molecule has 18 heavy (non-hydrogen) atoms. The standard InChI is InChI=1S/C14H20N2O2/c1-11-7-8-16(10-13(11)17)14(18)9-15-12-5-3-2-4-6-12/h2-6,11,13,15,17H,7-10H2,1H3. The highest BCUT2D eigenvalue weighted by atomic mass is 16.3. The maximum Gasteiger partial charge on any atom is 0.241 e. The van der Waals surface area contributed by atoms with Gasteiger partial charge in [0.25, 0.3) is 0 Å². The first-order chi connectivity index (χ1) is 8.66. The molecule has 1 saturated heterocycles. The molecule has 2 rings (SSSR count). The maximum atomic E-state index is 12.0. The number of benzene rings is 1. The highest BCUT2D eigenvalue weighted by Gasteiger charge is 2.26. The minimum atomic E-state index is -0.389. The zero-order chi connectivity index (χ0) is 13.0. The Morgan fingerprint density at radius 2 is 2.17 bits per heavy atom. The second-order valence-corrected chi connectivity index (χ2v) is 4.89. The number of aliphatic hydroxyl groups excluding tert-OH is 1. The number of amides is 1. The van der Waals surface area contributed by atoms with E-state index in [1.807, 2.05) is 37.3 Å². The number of anilines is 1. The van der Waals surface area contributed by atoms with Crippen LogP contribution in [0.1, 0.15) is 13.3 Å². The van der Waals surface area contributed by atoms with E-state index >= 15 is 0 Å². The summed E-state index contributed by atoms with van der Waals surface area (Å²) in [4.78, 5) is 13.7. The van der Waals surface area contributed by atoms with Gasteiger partial charge in [-0.2, -0.15) is 0 Å². The predicted molar refractivity (Wildman–Crippen MR) is 71.3 cm³/mol. The van der Waals surface area contributed by atoms with Gasteiger partial charge < -0.3 is 15.3 Å². The zero-order valence-electron chi connectivity index (χ0n) is 10.7. The van der Waals surface area contributed by atoms with E-state index in [0.717, 1.165) is 18.7 Å². The molecule has 1 fully saturated rings. The van der Waals surface area contributed by atoms with Crippen LogP contribution in [0.5, 0.6) is 0 Å². The number of hydrogen-bond donors (Lipinski definition) is 2. The van der Waals surface area contributed by atoms with Gasteiger partial charge in [-0.3, -0.25) is 4.79 Å². The topological polar surface area (TPSA) is 52.6 Å². The average Bonchev–Trinajstić information content (AvgIpc) is 2.40. The van der Waals surface area contributed by atoms with Crippen molar-refractivity contribution in [3.63, 3.8) is 0 Å². The van der Waals surface area contributed by atoms with Crippen LogP contribution in [0.2, 0.25) is 0 Å². The summed E-state index contributed by atoms with van der Waals surface area (Å²) in [5.74, 6) is 0.334. The molecule has 4 nitrogen and oxygen atoms in total. The quantitative estimate of drug-likeness (QED) is 0.848. The highest BCUT2D eigenvalue weighted by molar-refractivity contribution is 5.81. The molecule has 2 N–H and O–H groups in total. The van der Waals surface area contributed by atoms with Crippen LogP contribution in [0.3, 0.4) is 0 Å². The Kier molecular flexibility index (Phi) is 4.20. The van der Waals surface area contributed by atoms with Crippen molar-refractivity contribution in [1.82, 2.24) is 4.90 Å². The summed E-state index contributed by atoms with van der Waals surface area (Å²) in [5.41, 5.74) is 0.941. The monoisotopic (exact) mass is 248 g/mol. The zero-order valence-corrected chi connectivity index (χ0v) is 10.7. The smallest absolute Gasteiger partial charge is 0.241 e. The number of β-amino-alcohol motifs (C(OH)–C–C–N with tert-alkyl or cyclic N) is 1. The number of hydrogen-bond acceptors (Lipinski definition) is 3. The van der Waals surface area contributed by atoms with Crippen LogP contribution >= 0.6 is 0 Å². The van der Waals surface area contributed by atoms with Crippen LogP contribution in [0.25, 0.3) is 0 Å². The van der Waals surface area contributed by atoms with Gasteiger partial charge in [0, 0.05) is 18.8 Å². The number of aliphatic hydroxyl groups is 1. The van der Waals surface area contributed by atoms with Gasteiger partial charge in [0.2, 0.25) is 5.91 Å².